The molecule has 0 radical (unpaired) electrons. The summed E-state index contributed by atoms with van der Waals surface area (Å²) in [7, 11) is 0. The molecule has 0 amide bonds. The lowest BCUT2D eigenvalue weighted by Gasteiger charge is -2.39. The molecule has 0 aliphatic carbocycles. The van der Waals surface area contributed by atoms with Crippen molar-refractivity contribution in [2.45, 2.75) is 35.2 Å². The summed E-state index contributed by atoms with van der Waals surface area (Å²) in [4.78, 5) is 23.3. The van der Waals surface area contributed by atoms with Gasteiger partial charge in [0.2, 0.25) is 0 Å². The molecule has 1 fully saturated rings. The molecule has 1 unspecified atom stereocenters. The molecule has 0 spiro atoms. The molecule has 1 N–H and O–H groups in total. The number of fused-ring (bicyclic) bond motifs is 3. The highest BCUT2D eigenvalue weighted by Crippen LogP contribution is 2.42. The molecular formula is C28H32Cl2N4OS. The van der Waals surface area contributed by atoms with Crippen LogP contribution >= 0.6 is 36.6 Å². The van der Waals surface area contributed by atoms with Crippen LogP contribution in [0.3, 0.4) is 0 Å². The van der Waals surface area contributed by atoms with Crippen molar-refractivity contribution in [2.75, 3.05) is 32.7 Å². The number of piperazine rings is 1. The zero-order valence-electron chi connectivity index (χ0n) is 20.1. The van der Waals surface area contributed by atoms with E-state index in [1.54, 1.807) is 0 Å². The monoisotopic (exact) mass is 542 g/mol. The van der Waals surface area contributed by atoms with Gasteiger partial charge in [0.05, 0.1) is 11.0 Å². The minimum atomic E-state index is -0.00352. The van der Waals surface area contributed by atoms with E-state index >= 15 is 0 Å². The number of hydrogen-bond donors (Lipinski definition) is 1. The highest BCUT2D eigenvalue weighted by atomic mass is 35.5. The van der Waals surface area contributed by atoms with E-state index in [1.165, 1.54) is 20.9 Å². The largest absolute Gasteiger partial charge is 0.326 e. The quantitative estimate of drug-likeness (QED) is 0.355. The Morgan fingerprint density at radius 3 is 2.33 bits per heavy atom. The summed E-state index contributed by atoms with van der Waals surface area (Å²) in [6, 6.07) is 26.2. The fraction of sp³-hybridized carbons (Fsp3) is 0.321. The van der Waals surface area contributed by atoms with Gasteiger partial charge in [-0.1, -0.05) is 60.3 Å². The molecule has 3 aromatic carbocycles. The van der Waals surface area contributed by atoms with E-state index < -0.39 is 0 Å². The molecule has 5 nitrogen and oxygen atoms in total. The molecule has 2 aliphatic rings. The lowest BCUT2D eigenvalue weighted by Crippen LogP contribution is -2.48. The lowest BCUT2D eigenvalue weighted by atomic mass is 9.96. The van der Waals surface area contributed by atoms with E-state index in [0.717, 1.165) is 63.1 Å². The van der Waals surface area contributed by atoms with Gasteiger partial charge in [-0.3, -0.25) is 9.47 Å². The molecule has 8 heteroatoms. The predicted octanol–water partition coefficient (Wildman–Crippen LogP) is 5.63. The Morgan fingerprint density at radius 2 is 1.50 bits per heavy atom. The third-order valence-corrected chi connectivity index (χ3v) is 8.48. The molecule has 0 saturated carbocycles. The number of benzene rings is 3. The van der Waals surface area contributed by atoms with Gasteiger partial charge in [-0.25, -0.2) is 4.79 Å². The number of aryl methyl sites for hydroxylation is 1. The second kappa shape index (κ2) is 11.9. The van der Waals surface area contributed by atoms with Gasteiger partial charge < -0.3 is 9.88 Å². The van der Waals surface area contributed by atoms with Crippen molar-refractivity contribution in [3.63, 3.8) is 0 Å². The Morgan fingerprint density at radius 1 is 0.806 bits per heavy atom. The molecule has 1 atom stereocenters. The molecule has 0 bridgehead atoms. The number of nitrogens with zero attached hydrogens (tertiary/aromatic N) is 3. The van der Waals surface area contributed by atoms with Crippen molar-refractivity contribution in [3.05, 3.63) is 94.4 Å². The molecular weight excluding hydrogens is 511 g/mol. The van der Waals surface area contributed by atoms with Crippen LogP contribution in [0.15, 0.2) is 87.4 Å². The van der Waals surface area contributed by atoms with Gasteiger partial charge in [-0.15, -0.1) is 24.8 Å². The molecule has 3 heterocycles. The molecule has 6 rings (SSSR count). The second-order valence-corrected chi connectivity index (χ2v) is 10.4. The molecule has 4 aromatic rings. The SMILES string of the molecule is Cl.Cl.O=c1[nH]c2ccccc2n1CCCN1CCN(C2Cc3ccccc3Sc3ccccc32)CC1. The molecule has 1 aromatic heterocycles. The van der Waals surface area contributed by atoms with Crippen molar-refractivity contribution in [1.29, 1.82) is 0 Å². The Labute approximate surface area is 228 Å². The van der Waals surface area contributed by atoms with Crippen LogP contribution < -0.4 is 5.69 Å². The highest BCUT2D eigenvalue weighted by molar-refractivity contribution is 7.99. The topological polar surface area (TPSA) is 44.3 Å². The minimum Gasteiger partial charge on any atom is -0.306 e. The van der Waals surface area contributed by atoms with Gasteiger partial charge in [-0.2, -0.15) is 0 Å². The summed E-state index contributed by atoms with van der Waals surface area (Å²) < 4.78 is 1.88. The van der Waals surface area contributed by atoms with Crippen molar-refractivity contribution < 1.29 is 0 Å². The number of nitrogens with one attached hydrogen (secondary N) is 1. The number of para-hydroxylation sites is 2. The van der Waals surface area contributed by atoms with Crippen LogP contribution in [0.25, 0.3) is 11.0 Å². The Hall–Kier alpha value is -2.22. The van der Waals surface area contributed by atoms with Crippen LogP contribution in [0.4, 0.5) is 0 Å². The summed E-state index contributed by atoms with van der Waals surface area (Å²) in [5, 5.41) is 0. The zero-order chi connectivity index (χ0) is 22.9. The maximum absolute atomic E-state index is 12.3. The van der Waals surface area contributed by atoms with Crippen molar-refractivity contribution in [3.8, 4) is 0 Å². The fourth-order valence-electron chi connectivity index (χ4n) is 5.46. The van der Waals surface area contributed by atoms with Crippen molar-refractivity contribution in [2.24, 2.45) is 0 Å². The average Bonchev–Trinajstić information content (AvgIpc) is 3.09. The minimum absolute atomic E-state index is 0. The van der Waals surface area contributed by atoms with Crippen LogP contribution in [0.2, 0.25) is 0 Å². The first-order valence-corrected chi connectivity index (χ1v) is 13.1. The maximum atomic E-state index is 12.3. The zero-order valence-corrected chi connectivity index (χ0v) is 22.6. The number of rotatable bonds is 5. The second-order valence-electron chi connectivity index (χ2n) is 9.30. The molecule has 2 aliphatic heterocycles. The summed E-state index contributed by atoms with van der Waals surface area (Å²) >= 11 is 1.92. The Kier molecular flexibility index (Phi) is 8.86. The smallest absolute Gasteiger partial charge is 0.306 e. The predicted molar refractivity (Wildman–Crippen MR) is 153 cm³/mol. The third kappa shape index (κ3) is 5.38. The summed E-state index contributed by atoms with van der Waals surface area (Å²) in [5.74, 6) is 0. The molecule has 1 saturated heterocycles. The van der Waals surface area contributed by atoms with Gasteiger partial charge in [0, 0.05) is 48.6 Å². The van der Waals surface area contributed by atoms with E-state index in [4.69, 9.17) is 0 Å². The van der Waals surface area contributed by atoms with Crippen molar-refractivity contribution in [1.82, 2.24) is 19.4 Å². The van der Waals surface area contributed by atoms with Crippen molar-refractivity contribution >= 4 is 47.6 Å². The normalized spacial score (nSPS) is 17.9. The Balaban J connectivity index is 0.00000152. The number of H-pyrrole nitrogens is 1. The molecule has 190 valence electrons. The number of aromatic amines is 1. The number of halogens is 2. The standard InChI is InChI=1S/C28H30N4OS.2ClH/c33-28-29-23-10-3-4-11-24(23)32(28)15-7-14-30-16-18-31(19-17-30)25-20-21-8-1-5-12-26(21)34-27-13-6-2-9-22(25)27;;/h1-6,8-13,25H,7,14-20H2,(H,29,33);2*1H. The van der Waals surface area contributed by atoms with Gasteiger partial charge in [-0.05, 0) is 54.8 Å². The van der Waals surface area contributed by atoms with Crippen LogP contribution in [0, 0.1) is 0 Å². The first-order chi connectivity index (χ1) is 16.8. The average molecular weight is 544 g/mol. The molecule has 36 heavy (non-hydrogen) atoms. The number of imidazole rings is 1. The van der Waals surface area contributed by atoms with Gasteiger partial charge in [0.15, 0.2) is 0 Å². The van der Waals surface area contributed by atoms with E-state index in [0.29, 0.717) is 6.04 Å². The van der Waals surface area contributed by atoms with Crippen LogP contribution in [0.5, 0.6) is 0 Å². The first-order valence-electron chi connectivity index (χ1n) is 12.2. The van der Waals surface area contributed by atoms with Gasteiger partial charge >= 0.3 is 5.69 Å². The van der Waals surface area contributed by atoms with E-state index in [-0.39, 0.29) is 30.5 Å². The van der Waals surface area contributed by atoms with Gasteiger partial charge in [0.25, 0.3) is 0 Å². The lowest BCUT2D eigenvalue weighted by molar-refractivity contribution is 0.0929. The highest BCUT2D eigenvalue weighted by Gasteiger charge is 2.29. The number of aromatic nitrogens is 2. The third-order valence-electron chi connectivity index (χ3n) is 7.27. The number of hydrogen-bond acceptors (Lipinski definition) is 4. The Bertz CT molecular complexity index is 1360. The summed E-state index contributed by atoms with van der Waals surface area (Å²) in [6.07, 6.45) is 2.06. The van der Waals surface area contributed by atoms with Crippen LogP contribution in [-0.4, -0.2) is 52.1 Å². The van der Waals surface area contributed by atoms with E-state index in [1.807, 2.05) is 40.6 Å². The van der Waals surface area contributed by atoms with Crippen LogP contribution in [-0.2, 0) is 13.0 Å². The fourth-order valence-corrected chi connectivity index (χ4v) is 6.60. The van der Waals surface area contributed by atoms with E-state index in [2.05, 4.69) is 63.3 Å². The summed E-state index contributed by atoms with van der Waals surface area (Å²) in [6.45, 7) is 6.11. The summed E-state index contributed by atoms with van der Waals surface area (Å²) in [5.41, 5.74) is 4.85. The van der Waals surface area contributed by atoms with E-state index in [9.17, 15) is 4.79 Å². The van der Waals surface area contributed by atoms with Gasteiger partial charge in [0.1, 0.15) is 0 Å². The first kappa shape index (κ1) is 26.8. The maximum Gasteiger partial charge on any atom is 0.326 e. The van der Waals surface area contributed by atoms with Crippen LogP contribution in [0.1, 0.15) is 23.6 Å².